The van der Waals surface area contributed by atoms with Gasteiger partial charge < -0.3 is 5.32 Å². The third kappa shape index (κ3) is 4.51. The van der Waals surface area contributed by atoms with E-state index in [1.807, 2.05) is 42.5 Å². The van der Waals surface area contributed by atoms with Gasteiger partial charge in [-0.05, 0) is 57.9 Å². The van der Waals surface area contributed by atoms with E-state index in [9.17, 15) is 18.0 Å². The summed E-state index contributed by atoms with van der Waals surface area (Å²) in [7, 11) is 0. The molecule has 1 amide bonds. The maximum atomic E-state index is 12.6. The third-order valence-electron chi connectivity index (χ3n) is 4.42. The standard InChI is InChI=1S/C22H15F3N2OS/c23-22(24,25)18-9-6-14(7-10-18)13-26-21-27-20(28)19(29-21)12-15-5-8-16-3-1-2-4-17(16)11-15/h1-12H,13H2,(H,26,27,28)/b19-12-. The molecule has 0 saturated carbocycles. The number of rotatable bonds is 3. The summed E-state index contributed by atoms with van der Waals surface area (Å²) >= 11 is 1.22. The Balaban J connectivity index is 1.41. The number of hydrogen-bond acceptors (Lipinski definition) is 3. The number of nitrogens with zero attached hydrogens (tertiary/aromatic N) is 1. The molecule has 4 rings (SSSR count). The summed E-state index contributed by atoms with van der Waals surface area (Å²) < 4.78 is 37.9. The van der Waals surface area contributed by atoms with Crippen molar-refractivity contribution in [2.24, 2.45) is 4.99 Å². The fraction of sp³-hybridized carbons (Fsp3) is 0.0909. The summed E-state index contributed by atoms with van der Waals surface area (Å²) in [5.74, 6) is -0.335. The molecule has 3 aromatic rings. The van der Waals surface area contributed by atoms with Crippen molar-refractivity contribution >= 4 is 39.7 Å². The highest BCUT2D eigenvalue weighted by Gasteiger charge is 2.30. The Bertz CT molecular complexity index is 1130. The van der Waals surface area contributed by atoms with E-state index in [-0.39, 0.29) is 12.5 Å². The van der Waals surface area contributed by atoms with Crippen molar-refractivity contribution < 1.29 is 18.0 Å². The average molecular weight is 412 g/mol. The van der Waals surface area contributed by atoms with Crippen molar-refractivity contribution in [1.82, 2.24) is 5.32 Å². The van der Waals surface area contributed by atoms with E-state index in [0.717, 1.165) is 28.5 Å². The molecule has 146 valence electrons. The van der Waals surface area contributed by atoms with Gasteiger partial charge in [0, 0.05) is 6.54 Å². The number of benzene rings is 3. The monoisotopic (exact) mass is 412 g/mol. The number of hydrogen-bond donors (Lipinski definition) is 1. The second-order valence-corrected chi connectivity index (χ2v) is 7.52. The molecule has 3 nitrogen and oxygen atoms in total. The molecule has 0 saturated heterocycles. The smallest absolute Gasteiger partial charge is 0.360 e. The lowest BCUT2D eigenvalue weighted by Gasteiger charge is -2.08. The van der Waals surface area contributed by atoms with Gasteiger partial charge in [-0.3, -0.25) is 4.79 Å². The van der Waals surface area contributed by atoms with Crippen LogP contribution in [0.3, 0.4) is 0 Å². The van der Waals surface area contributed by atoms with Gasteiger partial charge in [0.05, 0.1) is 10.5 Å². The van der Waals surface area contributed by atoms with Crippen LogP contribution < -0.4 is 5.32 Å². The molecule has 29 heavy (non-hydrogen) atoms. The van der Waals surface area contributed by atoms with Crippen LogP contribution in [0.1, 0.15) is 16.7 Å². The van der Waals surface area contributed by atoms with Gasteiger partial charge in [-0.15, -0.1) is 0 Å². The molecule has 0 spiro atoms. The number of thioether (sulfide) groups is 1. The molecular weight excluding hydrogens is 397 g/mol. The number of carbonyl (C=O) groups excluding carboxylic acids is 1. The Hall–Kier alpha value is -3.06. The molecule has 0 radical (unpaired) electrons. The average Bonchev–Trinajstić information content (AvgIpc) is 3.05. The van der Waals surface area contributed by atoms with Crippen LogP contribution in [-0.4, -0.2) is 11.1 Å². The molecule has 0 aromatic heterocycles. The molecule has 1 heterocycles. The molecule has 1 aliphatic heterocycles. The largest absolute Gasteiger partial charge is 0.416 e. The van der Waals surface area contributed by atoms with Crippen LogP contribution >= 0.6 is 11.8 Å². The topological polar surface area (TPSA) is 41.5 Å². The van der Waals surface area contributed by atoms with Crippen molar-refractivity contribution in [3.8, 4) is 0 Å². The minimum atomic E-state index is -4.35. The predicted molar refractivity (Wildman–Crippen MR) is 110 cm³/mol. The van der Waals surface area contributed by atoms with Crippen molar-refractivity contribution in [3.05, 3.63) is 88.3 Å². The molecule has 0 atom stereocenters. The quantitative estimate of drug-likeness (QED) is 0.568. The number of amides is 1. The molecule has 1 aliphatic rings. The molecule has 0 aliphatic carbocycles. The van der Waals surface area contributed by atoms with Crippen LogP contribution in [0.15, 0.2) is 76.6 Å². The zero-order valence-electron chi connectivity index (χ0n) is 15.0. The number of fused-ring (bicyclic) bond motifs is 1. The van der Waals surface area contributed by atoms with Gasteiger partial charge in [-0.1, -0.05) is 48.5 Å². The number of nitrogens with one attached hydrogen (secondary N) is 1. The van der Waals surface area contributed by atoms with Gasteiger partial charge in [0.15, 0.2) is 5.17 Å². The lowest BCUT2D eigenvalue weighted by atomic mass is 10.1. The molecule has 0 unspecified atom stereocenters. The van der Waals surface area contributed by atoms with E-state index in [4.69, 9.17) is 0 Å². The first-order chi connectivity index (χ1) is 13.9. The SMILES string of the molecule is O=C1N=C(NCc2ccc(C(F)(F)F)cc2)S/C1=C\c1ccc2ccccc2c1. The summed E-state index contributed by atoms with van der Waals surface area (Å²) in [6.07, 6.45) is -2.57. The first kappa shape index (κ1) is 19.3. The first-order valence-corrected chi connectivity index (χ1v) is 9.61. The Labute approximate surface area is 169 Å². The zero-order chi connectivity index (χ0) is 20.4. The van der Waals surface area contributed by atoms with Crippen molar-refractivity contribution in [3.63, 3.8) is 0 Å². The fourth-order valence-electron chi connectivity index (χ4n) is 2.92. The zero-order valence-corrected chi connectivity index (χ0v) is 15.8. The number of amidine groups is 1. The van der Waals surface area contributed by atoms with Gasteiger partial charge in [-0.25, -0.2) is 0 Å². The summed E-state index contributed by atoms with van der Waals surface area (Å²) in [5.41, 5.74) is 0.879. The predicted octanol–water partition coefficient (Wildman–Crippen LogP) is 5.62. The number of aliphatic imine (C=N–C) groups is 1. The van der Waals surface area contributed by atoms with Crippen LogP contribution in [0.4, 0.5) is 13.2 Å². The fourth-order valence-corrected chi connectivity index (χ4v) is 3.73. The maximum Gasteiger partial charge on any atom is 0.416 e. The van der Waals surface area contributed by atoms with Gasteiger partial charge in [0.1, 0.15) is 0 Å². The Morgan fingerprint density at radius 1 is 0.966 bits per heavy atom. The Morgan fingerprint density at radius 3 is 2.41 bits per heavy atom. The molecule has 3 aromatic carbocycles. The van der Waals surface area contributed by atoms with Crippen molar-refractivity contribution in [1.29, 1.82) is 0 Å². The second-order valence-electron chi connectivity index (χ2n) is 6.49. The molecule has 1 N–H and O–H groups in total. The Kier molecular flexibility index (Phi) is 5.15. The van der Waals surface area contributed by atoms with E-state index in [1.54, 1.807) is 6.08 Å². The normalized spacial score (nSPS) is 15.8. The summed E-state index contributed by atoms with van der Waals surface area (Å²) in [5, 5.41) is 5.64. The highest BCUT2D eigenvalue weighted by atomic mass is 32.2. The second kappa shape index (κ2) is 7.75. The number of halogens is 3. The van der Waals surface area contributed by atoms with Gasteiger partial charge >= 0.3 is 6.18 Å². The van der Waals surface area contributed by atoms with E-state index < -0.39 is 11.7 Å². The minimum Gasteiger partial charge on any atom is -0.360 e. The van der Waals surface area contributed by atoms with Crippen LogP contribution in [0.5, 0.6) is 0 Å². The van der Waals surface area contributed by atoms with Crippen LogP contribution in [0, 0.1) is 0 Å². The Morgan fingerprint density at radius 2 is 1.69 bits per heavy atom. The van der Waals surface area contributed by atoms with Crippen LogP contribution in [-0.2, 0) is 17.5 Å². The molecule has 0 fully saturated rings. The van der Waals surface area contributed by atoms with Crippen LogP contribution in [0.2, 0.25) is 0 Å². The first-order valence-electron chi connectivity index (χ1n) is 8.80. The van der Waals surface area contributed by atoms with Gasteiger partial charge in [0.2, 0.25) is 0 Å². The molecule has 7 heteroatoms. The lowest BCUT2D eigenvalue weighted by Crippen LogP contribution is -2.18. The summed E-state index contributed by atoms with van der Waals surface area (Å²) in [6.45, 7) is 0.278. The molecular formula is C22H15F3N2OS. The van der Waals surface area contributed by atoms with E-state index in [1.165, 1.54) is 23.9 Å². The van der Waals surface area contributed by atoms with Crippen molar-refractivity contribution in [2.75, 3.05) is 0 Å². The highest BCUT2D eigenvalue weighted by molar-refractivity contribution is 8.18. The minimum absolute atomic E-state index is 0.278. The van der Waals surface area contributed by atoms with Gasteiger partial charge in [0.25, 0.3) is 5.91 Å². The van der Waals surface area contributed by atoms with Crippen molar-refractivity contribution in [2.45, 2.75) is 12.7 Å². The van der Waals surface area contributed by atoms with E-state index in [2.05, 4.69) is 10.3 Å². The van der Waals surface area contributed by atoms with Gasteiger partial charge in [-0.2, -0.15) is 18.2 Å². The van der Waals surface area contributed by atoms with E-state index in [0.29, 0.717) is 15.6 Å². The van der Waals surface area contributed by atoms with E-state index >= 15 is 0 Å². The summed E-state index contributed by atoms with van der Waals surface area (Å²) in [4.78, 5) is 16.7. The highest BCUT2D eigenvalue weighted by Crippen LogP contribution is 2.30. The maximum absolute atomic E-state index is 12.6. The number of carbonyl (C=O) groups is 1. The summed E-state index contributed by atoms with van der Waals surface area (Å²) in [6, 6.07) is 18.8. The number of alkyl halides is 3. The van der Waals surface area contributed by atoms with Crippen LogP contribution in [0.25, 0.3) is 16.8 Å². The lowest BCUT2D eigenvalue weighted by molar-refractivity contribution is -0.137. The molecule has 0 bridgehead atoms. The third-order valence-corrected chi connectivity index (χ3v) is 5.36.